The Morgan fingerprint density at radius 3 is 2.29 bits per heavy atom. The lowest BCUT2D eigenvalue weighted by atomic mass is 10.2. The molecule has 1 aliphatic rings. The van der Waals surface area contributed by atoms with Crippen LogP contribution in [0.25, 0.3) is 0 Å². The van der Waals surface area contributed by atoms with Crippen molar-refractivity contribution in [2.45, 2.75) is 11.8 Å². The van der Waals surface area contributed by atoms with Crippen molar-refractivity contribution in [2.75, 3.05) is 14.8 Å². The van der Waals surface area contributed by atoms with E-state index in [0.29, 0.717) is 4.31 Å². The fourth-order valence-corrected chi connectivity index (χ4v) is 5.74. The number of carbonyl (C=O) groups is 2. The molecule has 1 atom stereocenters. The third kappa shape index (κ3) is 3.58. The number of para-hydroxylation sites is 1. The molecule has 0 spiro atoms. The van der Waals surface area contributed by atoms with Crippen LogP contribution in [0.1, 0.15) is 17.3 Å². The summed E-state index contributed by atoms with van der Waals surface area (Å²) in [5.74, 6) is -2.32. The minimum Gasteiger partial charge on any atom is -0.366 e. The number of anilines is 2. The van der Waals surface area contributed by atoms with Crippen LogP contribution in [-0.4, -0.2) is 34.4 Å². The topological polar surface area (TPSA) is 144 Å². The molecular weight excluding hydrogens is 406 g/mol. The zero-order valence-corrected chi connectivity index (χ0v) is 16.3. The van der Waals surface area contributed by atoms with Gasteiger partial charge in [-0.3, -0.25) is 14.3 Å². The van der Waals surface area contributed by atoms with Crippen molar-refractivity contribution in [1.82, 2.24) is 0 Å². The van der Waals surface area contributed by atoms with E-state index >= 15 is 0 Å². The van der Waals surface area contributed by atoms with Gasteiger partial charge in [0.2, 0.25) is 15.9 Å². The maximum atomic E-state index is 12.6. The standard InChI is InChI=1S/C17H17N3O6S2/c1-11-10-27(23,24)20(17(11)22)12-6-8-13(9-7-12)28(25,26)19-15-5-3-2-4-14(15)16(18)21/h2-9,11,19H,10H2,1H3,(H2,18,21)/t11-/m1/s1. The number of nitrogens with one attached hydrogen (secondary N) is 1. The number of rotatable bonds is 5. The summed E-state index contributed by atoms with van der Waals surface area (Å²) in [7, 11) is -7.86. The number of nitrogens with two attached hydrogens (primary N) is 1. The summed E-state index contributed by atoms with van der Waals surface area (Å²) in [6.45, 7) is 1.51. The van der Waals surface area contributed by atoms with Crippen molar-refractivity contribution >= 4 is 43.2 Å². The highest BCUT2D eigenvalue weighted by atomic mass is 32.2. The van der Waals surface area contributed by atoms with Gasteiger partial charge in [-0.2, -0.15) is 0 Å². The summed E-state index contributed by atoms with van der Waals surface area (Å²) in [5.41, 5.74) is 5.33. The summed E-state index contributed by atoms with van der Waals surface area (Å²) in [5, 5.41) is 0. The highest BCUT2D eigenvalue weighted by Gasteiger charge is 2.42. The van der Waals surface area contributed by atoms with Gasteiger partial charge in [-0.1, -0.05) is 19.1 Å². The van der Waals surface area contributed by atoms with Crippen LogP contribution in [0.4, 0.5) is 11.4 Å². The Kier molecular flexibility index (Phi) is 4.90. The Labute approximate surface area is 162 Å². The Morgan fingerprint density at radius 1 is 1.14 bits per heavy atom. The molecule has 1 saturated heterocycles. The Bertz CT molecular complexity index is 1160. The first-order valence-corrected chi connectivity index (χ1v) is 11.2. The molecule has 148 valence electrons. The average Bonchev–Trinajstić information content (AvgIpc) is 2.82. The van der Waals surface area contributed by atoms with Crippen LogP contribution in [-0.2, 0) is 24.8 Å². The minimum atomic E-state index is -4.07. The second kappa shape index (κ2) is 6.91. The highest BCUT2D eigenvalue weighted by molar-refractivity contribution is 7.94. The molecule has 2 aromatic rings. The SMILES string of the molecule is C[C@@H]1CS(=O)(=O)N(c2ccc(S(=O)(=O)Nc3ccccc3C(N)=O)cc2)C1=O. The van der Waals surface area contributed by atoms with E-state index in [4.69, 9.17) is 5.73 Å². The number of sulfonamides is 2. The van der Waals surface area contributed by atoms with Crippen molar-refractivity contribution in [3.05, 3.63) is 54.1 Å². The third-order valence-electron chi connectivity index (χ3n) is 4.18. The first-order valence-electron chi connectivity index (χ1n) is 8.11. The fraction of sp³-hybridized carbons (Fsp3) is 0.176. The monoisotopic (exact) mass is 423 g/mol. The molecule has 1 fully saturated rings. The molecule has 2 amide bonds. The van der Waals surface area contributed by atoms with Crippen LogP contribution >= 0.6 is 0 Å². The summed E-state index contributed by atoms with van der Waals surface area (Å²) in [6.07, 6.45) is 0. The predicted molar refractivity (Wildman–Crippen MR) is 103 cm³/mol. The Balaban J connectivity index is 1.91. The van der Waals surface area contributed by atoms with Gasteiger partial charge in [0.05, 0.1) is 33.5 Å². The quantitative estimate of drug-likeness (QED) is 0.731. The molecule has 0 radical (unpaired) electrons. The molecule has 0 saturated carbocycles. The molecule has 1 aliphatic heterocycles. The van der Waals surface area contributed by atoms with Gasteiger partial charge in [-0.05, 0) is 36.4 Å². The first kappa shape index (κ1) is 19.8. The molecule has 3 N–H and O–H groups in total. The second-order valence-electron chi connectivity index (χ2n) is 6.29. The van der Waals surface area contributed by atoms with Crippen molar-refractivity contribution in [1.29, 1.82) is 0 Å². The number of carbonyl (C=O) groups excluding carboxylic acids is 2. The molecule has 0 aliphatic carbocycles. The lowest BCUT2D eigenvalue weighted by molar-refractivity contribution is -0.119. The molecule has 9 nitrogen and oxygen atoms in total. The molecule has 0 aromatic heterocycles. The molecule has 11 heteroatoms. The molecule has 28 heavy (non-hydrogen) atoms. The van der Waals surface area contributed by atoms with E-state index in [9.17, 15) is 26.4 Å². The molecule has 3 rings (SSSR count). The molecule has 0 bridgehead atoms. The molecular formula is C17H17N3O6S2. The van der Waals surface area contributed by atoms with Gasteiger partial charge in [0, 0.05) is 0 Å². The molecule has 0 unspecified atom stereocenters. The Morgan fingerprint density at radius 2 is 1.75 bits per heavy atom. The lowest BCUT2D eigenvalue weighted by Gasteiger charge is -2.16. The van der Waals surface area contributed by atoms with Gasteiger partial charge < -0.3 is 5.73 Å². The lowest BCUT2D eigenvalue weighted by Crippen LogP contribution is -2.30. The van der Waals surface area contributed by atoms with Crippen LogP contribution < -0.4 is 14.8 Å². The number of amides is 2. The van der Waals surface area contributed by atoms with Gasteiger partial charge in [-0.25, -0.2) is 21.1 Å². The van der Waals surface area contributed by atoms with Crippen LogP contribution in [0.5, 0.6) is 0 Å². The Hall–Kier alpha value is -2.92. The zero-order valence-electron chi connectivity index (χ0n) is 14.7. The number of nitrogens with zero attached hydrogens (tertiary/aromatic N) is 1. The van der Waals surface area contributed by atoms with Gasteiger partial charge >= 0.3 is 0 Å². The van der Waals surface area contributed by atoms with E-state index in [1.807, 2.05) is 0 Å². The number of benzene rings is 2. The highest BCUT2D eigenvalue weighted by Crippen LogP contribution is 2.29. The van der Waals surface area contributed by atoms with Crippen LogP contribution in [0.15, 0.2) is 53.4 Å². The first-order chi connectivity index (χ1) is 13.0. The number of hydrogen-bond acceptors (Lipinski definition) is 6. The normalized spacial score (nSPS) is 18.8. The van der Waals surface area contributed by atoms with E-state index < -0.39 is 37.8 Å². The molecule has 1 heterocycles. The van der Waals surface area contributed by atoms with E-state index in [2.05, 4.69) is 4.72 Å². The largest absolute Gasteiger partial charge is 0.366 e. The summed E-state index contributed by atoms with van der Waals surface area (Å²) in [4.78, 5) is 23.4. The van der Waals surface area contributed by atoms with Crippen molar-refractivity contribution in [2.24, 2.45) is 11.7 Å². The smallest absolute Gasteiger partial charge is 0.261 e. The van der Waals surface area contributed by atoms with Gasteiger partial charge in [0.1, 0.15) is 0 Å². The summed E-state index contributed by atoms with van der Waals surface area (Å²) >= 11 is 0. The van der Waals surface area contributed by atoms with Crippen molar-refractivity contribution < 1.29 is 26.4 Å². The van der Waals surface area contributed by atoms with E-state index in [-0.39, 0.29) is 27.6 Å². The third-order valence-corrected chi connectivity index (χ3v) is 7.43. The second-order valence-corrected chi connectivity index (χ2v) is 9.84. The molecule has 2 aromatic carbocycles. The summed E-state index contributed by atoms with van der Waals surface area (Å²) in [6, 6.07) is 10.7. The zero-order chi connectivity index (χ0) is 20.7. The van der Waals surface area contributed by atoms with Crippen LogP contribution in [0.2, 0.25) is 0 Å². The van der Waals surface area contributed by atoms with Crippen molar-refractivity contribution in [3.63, 3.8) is 0 Å². The fourth-order valence-electron chi connectivity index (χ4n) is 2.84. The van der Waals surface area contributed by atoms with Crippen LogP contribution in [0, 0.1) is 5.92 Å². The maximum Gasteiger partial charge on any atom is 0.261 e. The number of hydrogen-bond donors (Lipinski definition) is 2. The van der Waals surface area contributed by atoms with Gasteiger partial charge in [0.25, 0.3) is 15.9 Å². The van der Waals surface area contributed by atoms with E-state index in [1.54, 1.807) is 12.1 Å². The summed E-state index contributed by atoms with van der Waals surface area (Å²) < 4.78 is 52.4. The maximum absolute atomic E-state index is 12.6. The van der Waals surface area contributed by atoms with Gasteiger partial charge in [0.15, 0.2) is 0 Å². The van der Waals surface area contributed by atoms with Crippen LogP contribution in [0.3, 0.4) is 0 Å². The number of primary amides is 1. The van der Waals surface area contributed by atoms with E-state index in [1.165, 1.54) is 43.3 Å². The van der Waals surface area contributed by atoms with Gasteiger partial charge in [-0.15, -0.1) is 0 Å². The predicted octanol–water partition coefficient (Wildman–Crippen LogP) is 0.899. The minimum absolute atomic E-state index is 0.00504. The van der Waals surface area contributed by atoms with E-state index in [0.717, 1.165) is 0 Å². The average molecular weight is 423 g/mol. The van der Waals surface area contributed by atoms with Crippen molar-refractivity contribution in [3.8, 4) is 0 Å².